The maximum absolute atomic E-state index is 13.1. The Morgan fingerprint density at radius 2 is 2.24 bits per heavy atom. The van der Waals surface area contributed by atoms with Crippen LogP contribution in [0.25, 0.3) is 0 Å². The molecule has 1 aliphatic heterocycles. The first-order chi connectivity index (χ1) is 12.2. The first-order valence-electron chi connectivity index (χ1n) is 8.95. The number of aryl methyl sites for hydroxylation is 3. The van der Waals surface area contributed by atoms with E-state index in [9.17, 15) is 4.79 Å². The van der Waals surface area contributed by atoms with Crippen LogP contribution in [-0.4, -0.2) is 56.8 Å². The average molecular weight is 341 g/mol. The predicted molar refractivity (Wildman–Crippen MR) is 91.3 cm³/mol. The van der Waals surface area contributed by atoms with E-state index < -0.39 is 0 Å². The van der Waals surface area contributed by atoms with Crippen LogP contribution in [0.4, 0.5) is 0 Å². The van der Waals surface area contributed by atoms with Gasteiger partial charge in [-0.2, -0.15) is 5.10 Å². The molecule has 1 atom stereocenters. The number of hydrogen-bond donors (Lipinski definition) is 1. The third-order valence-electron chi connectivity index (χ3n) is 5.19. The van der Waals surface area contributed by atoms with Crippen molar-refractivity contribution in [2.24, 2.45) is 0 Å². The van der Waals surface area contributed by atoms with E-state index in [0.717, 1.165) is 54.7 Å². The van der Waals surface area contributed by atoms with Gasteiger partial charge in [0.25, 0.3) is 5.91 Å². The van der Waals surface area contributed by atoms with Crippen LogP contribution in [-0.2, 0) is 24.0 Å². The van der Waals surface area contributed by atoms with Gasteiger partial charge in [0.1, 0.15) is 0 Å². The molecular weight excluding hydrogens is 318 g/mol. The van der Waals surface area contributed by atoms with E-state index in [2.05, 4.69) is 20.2 Å². The first-order valence-corrected chi connectivity index (χ1v) is 8.95. The molecule has 1 aliphatic carbocycles. The van der Waals surface area contributed by atoms with Crippen molar-refractivity contribution in [2.75, 3.05) is 19.8 Å². The number of ether oxygens (including phenoxy) is 1. The van der Waals surface area contributed by atoms with E-state index >= 15 is 0 Å². The van der Waals surface area contributed by atoms with Crippen molar-refractivity contribution in [3.8, 4) is 0 Å². The van der Waals surface area contributed by atoms with Crippen molar-refractivity contribution in [2.45, 2.75) is 45.1 Å². The number of aromatic amines is 1. The quantitative estimate of drug-likeness (QED) is 0.910. The van der Waals surface area contributed by atoms with Gasteiger partial charge in [-0.3, -0.25) is 19.9 Å². The second-order valence-electron chi connectivity index (χ2n) is 6.74. The van der Waals surface area contributed by atoms with Gasteiger partial charge in [-0.15, -0.1) is 0 Å². The Morgan fingerprint density at radius 3 is 3.12 bits per heavy atom. The monoisotopic (exact) mass is 341 g/mol. The van der Waals surface area contributed by atoms with Crippen molar-refractivity contribution in [3.05, 3.63) is 40.7 Å². The lowest BCUT2D eigenvalue weighted by Crippen LogP contribution is -2.49. The van der Waals surface area contributed by atoms with Gasteiger partial charge in [0, 0.05) is 30.2 Å². The van der Waals surface area contributed by atoms with Crippen LogP contribution in [0.5, 0.6) is 0 Å². The summed E-state index contributed by atoms with van der Waals surface area (Å²) in [7, 11) is 0. The van der Waals surface area contributed by atoms with Crippen molar-refractivity contribution in [3.63, 3.8) is 0 Å². The van der Waals surface area contributed by atoms with Gasteiger partial charge >= 0.3 is 0 Å². The molecule has 0 saturated carbocycles. The summed E-state index contributed by atoms with van der Waals surface area (Å²) < 4.78 is 5.63. The molecule has 1 fully saturated rings. The Balaban J connectivity index is 1.49. The Morgan fingerprint density at radius 1 is 1.36 bits per heavy atom. The van der Waals surface area contributed by atoms with Crippen LogP contribution in [0, 0.1) is 6.92 Å². The Hall–Kier alpha value is -2.28. The summed E-state index contributed by atoms with van der Waals surface area (Å²) in [5.74, 6) is 0.0311. The molecule has 2 aromatic heterocycles. The van der Waals surface area contributed by atoms with E-state index in [1.165, 1.54) is 0 Å². The first kappa shape index (κ1) is 16.2. The number of amides is 1. The standard InChI is InChI=1S/C18H23N5O2/c1-12-15(20-8-7-19-12)6-5-13-11-25-10-9-23(13)18(24)17-14-3-2-4-16(14)21-22-17/h7-8,13H,2-6,9-11H2,1H3,(H,21,22)/t13-/m1/s1. The van der Waals surface area contributed by atoms with Crippen LogP contribution in [0.3, 0.4) is 0 Å². The number of aromatic nitrogens is 4. The van der Waals surface area contributed by atoms with Gasteiger partial charge in [-0.1, -0.05) is 0 Å². The fourth-order valence-corrected chi connectivity index (χ4v) is 3.78. The molecule has 1 amide bonds. The predicted octanol–water partition coefficient (Wildman–Crippen LogP) is 1.47. The zero-order chi connectivity index (χ0) is 17.2. The molecule has 1 N–H and O–H groups in total. The van der Waals surface area contributed by atoms with Crippen molar-refractivity contribution in [1.29, 1.82) is 0 Å². The Labute approximate surface area is 146 Å². The van der Waals surface area contributed by atoms with Crippen molar-refractivity contribution in [1.82, 2.24) is 25.1 Å². The molecule has 3 heterocycles. The van der Waals surface area contributed by atoms with Gasteiger partial charge in [-0.25, -0.2) is 0 Å². The number of morpholine rings is 1. The summed E-state index contributed by atoms with van der Waals surface area (Å²) >= 11 is 0. The summed E-state index contributed by atoms with van der Waals surface area (Å²) in [4.78, 5) is 23.7. The van der Waals surface area contributed by atoms with Crippen LogP contribution in [0.2, 0.25) is 0 Å². The SMILES string of the molecule is Cc1nccnc1CC[C@@H]1COCCN1C(=O)c1n[nH]c2c1CCC2. The van der Waals surface area contributed by atoms with Gasteiger partial charge in [0.15, 0.2) is 5.69 Å². The third-order valence-corrected chi connectivity index (χ3v) is 5.19. The summed E-state index contributed by atoms with van der Waals surface area (Å²) in [5.41, 5.74) is 4.78. The van der Waals surface area contributed by atoms with Gasteiger partial charge < -0.3 is 9.64 Å². The summed E-state index contributed by atoms with van der Waals surface area (Å²) in [6.45, 7) is 3.73. The average Bonchev–Trinajstić information content (AvgIpc) is 3.24. The highest BCUT2D eigenvalue weighted by atomic mass is 16.5. The van der Waals surface area contributed by atoms with Gasteiger partial charge in [0.2, 0.25) is 0 Å². The van der Waals surface area contributed by atoms with Crippen molar-refractivity contribution < 1.29 is 9.53 Å². The summed E-state index contributed by atoms with van der Waals surface area (Å²) in [6.07, 6.45) is 8.07. The molecule has 2 aliphatic rings. The van der Waals surface area contributed by atoms with Crippen LogP contribution in [0.1, 0.15) is 46.0 Å². The van der Waals surface area contributed by atoms with E-state index in [1.807, 2.05) is 11.8 Å². The van der Waals surface area contributed by atoms with Gasteiger partial charge in [-0.05, 0) is 39.0 Å². The number of nitrogens with one attached hydrogen (secondary N) is 1. The van der Waals surface area contributed by atoms with Crippen LogP contribution >= 0.6 is 0 Å². The zero-order valence-electron chi connectivity index (χ0n) is 14.5. The molecule has 4 rings (SSSR count). The molecule has 7 heteroatoms. The largest absolute Gasteiger partial charge is 0.377 e. The number of fused-ring (bicyclic) bond motifs is 1. The van der Waals surface area contributed by atoms with Gasteiger partial charge in [0.05, 0.1) is 30.6 Å². The number of carbonyl (C=O) groups is 1. The lowest BCUT2D eigenvalue weighted by molar-refractivity contribution is -0.00450. The minimum atomic E-state index is 0.0311. The van der Waals surface area contributed by atoms with E-state index in [-0.39, 0.29) is 11.9 Å². The number of rotatable bonds is 4. The van der Waals surface area contributed by atoms with Crippen LogP contribution < -0.4 is 0 Å². The smallest absolute Gasteiger partial charge is 0.275 e. The molecular formula is C18H23N5O2. The maximum atomic E-state index is 13.1. The van der Waals surface area contributed by atoms with E-state index in [4.69, 9.17) is 4.74 Å². The second-order valence-corrected chi connectivity index (χ2v) is 6.74. The summed E-state index contributed by atoms with van der Waals surface area (Å²) in [6, 6.07) is 0.0522. The van der Waals surface area contributed by atoms with E-state index in [1.54, 1.807) is 12.4 Å². The minimum Gasteiger partial charge on any atom is -0.377 e. The minimum absolute atomic E-state index is 0.0311. The molecule has 2 aromatic rings. The molecule has 0 bridgehead atoms. The highest BCUT2D eigenvalue weighted by Crippen LogP contribution is 2.25. The highest BCUT2D eigenvalue weighted by Gasteiger charge is 2.32. The van der Waals surface area contributed by atoms with Crippen molar-refractivity contribution >= 4 is 5.91 Å². The molecule has 0 aromatic carbocycles. The Bertz CT molecular complexity index is 773. The zero-order valence-corrected chi connectivity index (χ0v) is 14.5. The number of H-pyrrole nitrogens is 1. The summed E-state index contributed by atoms with van der Waals surface area (Å²) in [5, 5.41) is 7.34. The molecule has 7 nitrogen and oxygen atoms in total. The third kappa shape index (κ3) is 3.16. The molecule has 0 radical (unpaired) electrons. The fraction of sp³-hybridized carbons (Fsp3) is 0.556. The van der Waals surface area contributed by atoms with Crippen LogP contribution in [0.15, 0.2) is 12.4 Å². The van der Waals surface area contributed by atoms with E-state index in [0.29, 0.717) is 25.5 Å². The molecule has 132 valence electrons. The topological polar surface area (TPSA) is 84.0 Å². The molecule has 25 heavy (non-hydrogen) atoms. The Kier molecular flexibility index (Phi) is 4.48. The molecule has 1 saturated heterocycles. The lowest BCUT2D eigenvalue weighted by Gasteiger charge is -2.35. The fourth-order valence-electron chi connectivity index (χ4n) is 3.78. The lowest BCUT2D eigenvalue weighted by atomic mass is 10.0. The number of carbonyl (C=O) groups excluding carboxylic acids is 1. The number of hydrogen-bond acceptors (Lipinski definition) is 5. The maximum Gasteiger partial charge on any atom is 0.275 e. The molecule has 0 spiro atoms. The second kappa shape index (κ2) is 6.92. The highest BCUT2D eigenvalue weighted by molar-refractivity contribution is 5.94. The normalized spacial score (nSPS) is 19.9. The molecule has 0 unspecified atom stereocenters. The number of nitrogens with zero attached hydrogens (tertiary/aromatic N) is 4.